The van der Waals surface area contributed by atoms with E-state index in [0.29, 0.717) is 16.8 Å². The van der Waals surface area contributed by atoms with Crippen molar-refractivity contribution in [1.82, 2.24) is 4.90 Å². The average Bonchev–Trinajstić information content (AvgIpc) is 2.96. The highest BCUT2D eigenvalue weighted by molar-refractivity contribution is 6.33. The largest absolute Gasteiger partial charge is 0.398 e. The van der Waals surface area contributed by atoms with E-state index in [1.807, 2.05) is 24.3 Å². The molecule has 0 radical (unpaired) electrons. The number of halogens is 2. The van der Waals surface area contributed by atoms with Crippen LogP contribution in [0.3, 0.4) is 0 Å². The highest BCUT2D eigenvalue weighted by Gasteiger charge is 2.26. The fraction of sp³-hybridized carbons (Fsp3) is 0.333. The molecule has 1 fully saturated rings. The number of benzene rings is 2. The van der Waals surface area contributed by atoms with Gasteiger partial charge in [0.05, 0.1) is 10.7 Å². The summed E-state index contributed by atoms with van der Waals surface area (Å²) in [6, 6.07) is 14.4. The van der Waals surface area contributed by atoms with Crippen LogP contribution in [-0.4, -0.2) is 31.1 Å². The van der Waals surface area contributed by atoms with Gasteiger partial charge >= 0.3 is 0 Å². The van der Waals surface area contributed by atoms with Crippen molar-refractivity contribution in [3.63, 3.8) is 0 Å². The molecule has 122 valence electrons. The fourth-order valence-electron chi connectivity index (χ4n) is 3.08. The lowest BCUT2D eigenvalue weighted by Crippen LogP contribution is -2.36. The van der Waals surface area contributed by atoms with Gasteiger partial charge in [-0.05, 0) is 55.9 Å². The Morgan fingerprint density at radius 2 is 1.91 bits per heavy atom. The van der Waals surface area contributed by atoms with Gasteiger partial charge in [-0.2, -0.15) is 0 Å². The maximum absolute atomic E-state index is 6.24. The molecule has 0 unspecified atom stereocenters. The number of likely N-dealkylation sites (tertiary alicyclic amines) is 1. The molecule has 5 heteroatoms. The Morgan fingerprint density at radius 1 is 1.17 bits per heavy atom. The molecule has 3 nitrogen and oxygen atoms in total. The highest BCUT2D eigenvalue weighted by Crippen LogP contribution is 2.30. The molecular formula is C18H21Cl2N3. The third-order valence-electron chi connectivity index (χ3n) is 4.39. The molecule has 2 N–H and O–H groups in total. The Balaban J connectivity index is 1.89. The summed E-state index contributed by atoms with van der Waals surface area (Å²) in [5, 5.41) is 1.37. The van der Waals surface area contributed by atoms with Crippen LogP contribution >= 0.6 is 23.2 Å². The van der Waals surface area contributed by atoms with Gasteiger partial charge in [0, 0.05) is 29.8 Å². The summed E-state index contributed by atoms with van der Waals surface area (Å²) in [6.45, 7) is 3.00. The maximum atomic E-state index is 6.24. The number of nitrogen functional groups attached to an aromatic ring is 1. The fourth-order valence-corrected chi connectivity index (χ4v) is 3.38. The zero-order chi connectivity index (χ0) is 16.4. The van der Waals surface area contributed by atoms with E-state index in [2.05, 4.69) is 35.0 Å². The Morgan fingerprint density at radius 3 is 2.52 bits per heavy atom. The molecule has 0 aliphatic carbocycles. The van der Waals surface area contributed by atoms with Crippen molar-refractivity contribution >= 4 is 34.6 Å². The second-order valence-corrected chi connectivity index (χ2v) is 7.01. The van der Waals surface area contributed by atoms with Gasteiger partial charge in [-0.3, -0.25) is 0 Å². The minimum atomic E-state index is 0.468. The van der Waals surface area contributed by atoms with E-state index in [1.165, 1.54) is 5.56 Å². The number of hydrogen-bond acceptors (Lipinski definition) is 3. The first-order chi connectivity index (χ1) is 11.0. The number of rotatable bonds is 4. The summed E-state index contributed by atoms with van der Waals surface area (Å²) in [5.41, 5.74) is 8.82. The molecule has 3 rings (SSSR count). The van der Waals surface area contributed by atoms with E-state index >= 15 is 0 Å². The van der Waals surface area contributed by atoms with Gasteiger partial charge in [0.1, 0.15) is 0 Å². The van der Waals surface area contributed by atoms with Gasteiger partial charge in [-0.15, -0.1) is 0 Å². The molecular weight excluding hydrogens is 329 g/mol. The zero-order valence-electron chi connectivity index (χ0n) is 13.2. The summed E-state index contributed by atoms with van der Waals surface area (Å²) < 4.78 is 0. The van der Waals surface area contributed by atoms with Crippen molar-refractivity contribution < 1.29 is 0 Å². The van der Waals surface area contributed by atoms with Crippen molar-refractivity contribution in [3.05, 3.63) is 58.1 Å². The Kier molecular flexibility index (Phi) is 5.00. The molecule has 0 amide bonds. The van der Waals surface area contributed by atoms with Gasteiger partial charge in [0.2, 0.25) is 0 Å². The molecule has 1 aliphatic rings. The summed E-state index contributed by atoms with van der Waals surface area (Å²) in [5.74, 6) is 0. The van der Waals surface area contributed by atoms with Gasteiger partial charge in [-0.25, -0.2) is 0 Å². The van der Waals surface area contributed by atoms with E-state index in [-0.39, 0.29) is 0 Å². The van der Waals surface area contributed by atoms with E-state index in [1.54, 1.807) is 0 Å². The van der Waals surface area contributed by atoms with Gasteiger partial charge < -0.3 is 15.5 Å². The second-order valence-electron chi connectivity index (χ2n) is 6.16. The van der Waals surface area contributed by atoms with E-state index in [0.717, 1.165) is 36.8 Å². The predicted molar refractivity (Wildman–Crippen MR) is 99.4 cm³/mol. The van der Waals surface area contributed by atoms with Crippen LogP contribution in [0.15, 0.2) is 42.5 Å². The van der Waals surface area contributed by atoms with Crippen LogP contribution in [0.4, 0.5) is 11.4 Å². The van der Waals surface area contributed by atoms with Crippen molar-refractivity contribution in [2.45, 2.75) is 19.0 Å². The van der Waals surface area contributed by atoms with Crippen LogP contribution in [0.2, 0.25) is 10.0 Å². The number of hydrogen-bond donors (Lipinski definition) is 1. The molecule has 2 aromatic carbocycles. The standard InChI is InChI=1S/C18H21Cl2N3/c1-22-9-8-16(12-22)23(11-13-2-4-14(19)5-3-13)15-6-7-18(21)17(20)10-15/h2-7,10,16H,8-9,11-12,21H2,1H3/t16-/m0/s1. The van der Waals surface area contributed by atoms with Crippen molar-refractivity contribution in [2.75, 3.05) is 30.8 Å². The lowest BCUT2D eigenvalue weighted by Gasteiger charge is -2.31. The smallest absolute Gasteiger partial charge is 0.0656 e. The van der Waals surface area contributed by atoms with E-state index < -0.39 is 0 Å². The number of anilines is 2. The Labute approximate surface area is 147 Å². The molecule has 0 aromatic heterocycles. The lowest BCUT2D eigenvalue weighted by molar-refractivity contribution is 0.407. The Hall–Kier alpha value is -1.42. The van der Waals surface area contributed by atoms with Crippen LogP contribution < -0.4 is 10.6 Å². The second kappa shape index (κ2) is 7.00. The molecule has 1 aliphatic heterocycles. The monoisotopic (exact) mass is 349 g/mol. The maximum Gasteiger partial charge on any atom is 0.0656 e. The topological polar surface area (TPSA) is 32.5 Å². The van der Waals surface area contributed by atoms with E-state index in [9.17, 15) is 0 Å². The lowest BCUT2D eigenvalue weighted by atomic mass is 10.1. The number of nitrogens with two attached hydrogens (primary N) is 1. The molecule has 1 heterocycles. The van der Waals surface area contributed by atoms with Crippen LogP contribution in [0.5, 0.6) is 0 Å². The van der Waals surface area contributed by atoms with Gasteiger partial charge in [0.25, 0.3) is 0 Å². The van der Waals surface area contributed by atoms with Gasteiger partial charge in [-0.1, -0.05) is 35.3 Å². The minimum Gasteiger partial charge on any atom is -0.398 e. The third kappa shape index (κ3) is 3.92. The number of likely N-dealkylation sites (N-methyl/N-ethyl adjacent to an activating group) is 1. The van der Waals surface area contributed by atoms with Crippen LogP contribution in [-0.2, 0) is 6.54 Å². The molecule has 0 saturated carbocycles. The SMILES string of the molecule is CN1CC[C@H](N(Cc2ccc(Cl)cc2)c2ccc(N)c(Cl)c2)C1. The third-order valence-corrected chi connectivity index (χ3v) is 4.97. The quantitative estimate of drug-likeness (QED) is 0.835. The number of nitrogens with zero attached hydrogens (tertiary/aromatic N) is 2. The van der Waals surface area contributed by atoms with Crippen LogP contribution in [0.25, 0.3) is 0 Å². The zero-order valence-corrected chi connectivity index (χ0v) is 14.7. The molecule has 0 spiro atoms. The molecule has 1 saturated heterocycles. The summed E-state index contributed by atoms with van der Waals surface area (Å²) in [4.78, 5) is 4.77. The van der Waals surface area contributed by atoms with Crippen molar-refractivity contribution in [3.8, 4) is 0 Å². The minimum absolute atomic E-state index is 0.468. The Bertz CT molecular complexity index is 672. The van der Waals surface area contributed by atoms with Crippen molar-refractivity contribution in [1.29, 1.82) is 0 Å². The summed E-state index contributed by atoms with van der Waals surface area (Å²) in [6.07, 6.45) is 1.14. The predicted octanol–water partition coefficient (Wildman–Crippen LogP) is 4.29. The summed E-state index contributed by atoms with van der Waals surface area (Å²) >= 11 is 12.2. The average molecular weight is 350 g/mol. The van der Waals surface area contributed by atoms with Crippen molar-refractivity contribution in [2.24, 2.45) is 0 Å². The van der Waals surface area contributed by atoms with Gasteiger partial charge in [0.15, 0.2) is 0 Å². The molecule has 0 bridgehead atoms. The first kappa shape index (κ1) is 16.4. The highest BCUT2D eigenvalue weighted by atomic mass is 35.5. The molecule has 1 atom stereocenters. The molecule has 23 heavy (non-hydrogen) atoms. The van der Waals surface area contributed by atoms with E-state index in [4.69, 9.17) is 28.9 Å². The van der Waals surface area contributed by atoms with Crippen LogP contribution in [0, 0.1) is 0 Å². The summed E-state index contributed by atoms with van der Waals surface area (Å²) in [7, 11) is 2.16. The van der Waals surface area contributed by atoms with Crippen LogP contribution in [0.1, 0.15) is 12.0 Å². The first-order valence-corrected chi connectivity index (χ1v) is 8.53. The normalized spacial score (nSPS) is 18.3. The first-order valence-electron chi connectivity index (χ1n) is 7.77. The molecule has 2 aromatic rings.